The van der Waals surface area contributed by atoms with E-state index in [0.29, 0.717) is 5.69 Å². The summed E-state index contributed by atoms with van der Waals surface area (Å²) in [6, 6.07) is 3.99. The Kier molecular flexibility index (Phi) is 4.92. The van der Waals surface area contributed by atoms with Crippen LogP contribution in [0.3, 0.4) is 0 Å². The summed E-state index contributed by atoms with van der Waals surface area (Å²) in [4.78, 5) is 13.4. The first-order valence-corrected chi connectivity index (χ1v) is 7.55. The summed E-state index contributed by atoms with van der Waals surface area (Å²) in [6.45, 7) is 4.89. The second kappa shape index (κ2) is 6.67. The third-order valence-electron chi connectivity index (χ3n) is 3.20. The Morgan fingerprint density at radius 1 is 1.45 bits per heavy atom. The Labute approximate surface area is 122 Å². The lowest BCUT2D eigenvalue weighted by molar-refractivity contribution is 0.102. The van der Waals surface area contributed by atoms with Crippen LogP contribution in [0, 0.1) is 6.92 Å². The van der Waals surface area contributed by atoms with Gasteiger partial charge in [-0.2, -0.15) is 5.10 Å². The molecule has 5 nitrogen and oxygen atoms in total. The molecule has 3 N–H and O–H groups in total. The number of aromatic nitrogens is 2. The fourth-order valence-electron chi connectivity index (χ4n) is 2.00. The van der Waals surface area contributed by atoms with Gasteiger partial charge in [0.25, 0.3) is 5.91 Å². The number of nitrogens with zero attached hydrogens (tertiary/aromatic N) is 1. The van der Waals surface area contributed by atoms with Crippen LogP contribution in [0.2, 0.25) is 0 Å². The Balaban J connectivity index is 2.03. The first-order chi connectivity index (χ1) is 9.65. The summed E-state index contributed by atoms with van der Waals surface area (Å²) in [5, 5.41) is 13.9. The average Bonchev–Trinajstić information content (AvgIpc) is 3.02. The molecule has 6 heteroatoms. The Morgan fingerprint density at radius 2 is 2.25 bits per heavy atom. The molecule has 0 aliphatic heterocycles. The molecule has 0 aromatic carbocycles. The fourth-order valence-corrected chi connectivity index (χ4v) is 2.90. The molecule has 1 amide bonds. The van der Waals surface area contributed by atoms with Crippen molar-refractivity contribution < 1.29 is 4.79 Å². The van der Waals surface area contributed by atoms with E-state index in [2.05, 4.69) is 20.8 Å². The minimum Gasteiger partial charge on any atom is -0.319 e. The van der Waals surface area contributed by atoms with E-state index in [0.717, 1.165) is 35.6 Å². The normalized spacial score (nSPS) is 10.8. The summed E-state index contributed by atoms with van der Waals surface area (Å²) in [6.07, 6.45) is 1.82. The predicted molar refractivity (Wildman–Crippen MR) is 82.6 cm³/mol. The maximum atomic E-state index is 12.2. The van der Waals surface area contributed by atoms with Crippen molar-refractivity contribution in [1.82, 2.24) is 15.5 Å². The molecule has 0 saturated carbocycles. The van der Waals surface area contributed by atoms with E-state index < -0.39 is 0 Å². The average molecular weight is 292 g/mol. The highest BCUT2D eigenvalue weighted by Gasteiger charge is 2.16. The first-order valence-electron chi connectivity index (χ1n) is 6.74. The predicted octanol–water partition coefficient (Wildman–Crippen LogP) is 2.36. The topological polar surface area (TPSA) is 69.8 Å². The van der Waals surface area contributed by atoms with Gasteiger partial charge in [-0.3, -0.25) is 9.89 Å². The molecule has 0 radical (unpaired) electrons. The molecule has 0 aliphatic carbocycles. The molecule has 2 heterocycles. The highest BCUT2D eigenvalue weighted by atomic mass is 32.1. The quantitative estimate of drug-likeness (QED) is 0.765. The molecular formula is C14H20N4OS. The molecule has 0 bridgehead atoms. The number of H-pyrrole nitrogens is 1. The molecule has 2 aromatic heterocycles. The zero-order chi connectivity index (χ0) is 14.5. The summed E-state index contributed by atoms with van der Waals surface area (Å²) < 4.78 is 0. The van der Waals surface area contributed by atoms with Crippen LogP contribution in [0.4, 0.5) is 5.00 Å². The Bertz CT molecular complexity index is 588. The van der Waals surface area contributed by atoms with Gasteiger partial charge in [-0.1, -0.05) is 6.92 Å². The van der Waals surface area contributed by atoms with Crippen molar-refractivity contribution in [3.63, 3.8) is 0 Å². The number of aryl methyl sites for hydroxylation is 1. The van der Waals surface area contributed by atoms with Gasteiger partial charge in [-0.25, -0.2) is 0 Å². The molecule has 0 atom stereocenters. The lowest BCUT2D eigenvalue weighted by Crippen LogP contribution is -2.12. The largest absolute Gasteiger partial charge is 0.319 e. The van der Waals surface area contributed by atoms with Crippen LogP contribution >= 0.6 is 11.3 Å². The van der Waals surface area contributed by atoms with Crippen molar-refractivity contribution in [2.75, 3.05) is 18.9 Å². The first kappa shape index (κ1) is 14.7. The van der Waals surface area contributed by atoms with Crippen molar-refractivity contribution in [2.45, 2.75) is 26.7 Å². The molecule has 20 heavy (non-hydrogen) atoms. The van der Waals surface area contributed by atoms with Gasteiger partial charge in [-0.15, -0.1) is 11.3 Å². The minimum atomic E-state index is -0.152. The van der Waals surface area contributed by atoms with Crippen LogP contribution in [0.1, 0.15) is 33.5 Å². The summed E-state index contributed by atoms with van der Waals surface area (Å²) in [5.41, 5.74) is 2.42. The highest BCUT2D eigenvalue weighted by molar-refractivity contribution is 7.16. The van der Waals surface area contributed by atoms with Crippen LogP contribution in [-0.4, -0.2) is 29.7 Å². The van der Waals surface area contributed by atoms with Crippen molar-refractivity contribution in [3.8, 4) is 0 Å². The molecule has 0 aliphatic rings. The standard InChI is InChI=1S/C14H20N4OS/c1-4-11-9(2)13(18-17-11)14(19)16-12-6-5-10(20-12)7-8-15-3/h5-6,15H,4,7-8H2,1-3H3,(H,16,19)(H,17,18). The van der Waals surface area contributed by atoms with E-state index in [1.165, 1.54) is 4.88 Å². The van der Waals surface area contributed by atoms with Crippen molar-refractivity contribution in [2.24, 2.45) is 0 Å². The van der Waals surface area contributed by atoms with E-state index in [4.69, 9.17) is 0 Å². The molecular weight excluding hydrogens is 272 g/mol. The molecule has 2 aromatic rings. The van der Waals surface area contributed by atoms with E-state index in [9.17, 15) is 4.79 Å². The molecule has 0 unspecified atom stereocenters. The van der Waals surface area contributed by atoms with E-state index in [1.54, 1.807) is 11.3 Å². The number of anilines is 1. The lowest BCUT2D eigenvalue weighted by Gasteiger charge is -2.01. The molecule has 2 rings (SSSR count). The minimum absolute atomic E-state index is 0.152. The third-order valence-corrected chi connectivity index (χ3v) is 4.26. The second-order valence-electron chi connectivity index (χ2n) is 4.60. The number of carbonyl (C=O) groups is 1. The number of nitrogens with one attached hydrogen (secondary N) is 3. The number of likely N-dealkylation sites (N-methyl/N-ethyl adjacent to an activating group) is 1. The second-order valence-corrected chi connectivity index (χ2v) is 5.77. The molecule has 0 spiro atoms. The third kappa shape index (κ3) is 3.26. The number of hydrogen-bond donors (Lipinski definition) is 3. The SMILES string of the molecule is CCc1[nH]nc(C(=O)Nc2ccc(CCNC)s2)c1C. The van der Waals surface area contributed by atoms with Gasteiger partial charge in [0.2, 0.25) is 0 Å². The van der Waals surface area contributed by atoms with Gasteiger partial charge in [0, 0.05) is 16.1 Å². The van der Waals surface area contributed by atoms with Gasteiger partial charge >= 0.3 is 0 Å². The summed E-state index contributed by atoms with van der Waals surface area (Å²) in [5.74, 6) is -0.152. The van der Waals surface area contributed by atoms with Gasteiger partial charge in [0.05, 0.1) is 5.00 Å². The maximum absolute atomic E-state index is 12.2. The molecule has 108 valence electrons. The number of thiophene rings is 1. The van der Waals surface area contributed by atoms with E-state index >= 15 is 0 Å². The van der Waals surface area contributed by atoms with Crippen LogP contribution in [0.15, 0.2) is 12.1 Å². The van der Waals surface area contributed by atoms with Gasteiger partial charge in [-0.05, 0) is 45.5 Å². The monoisotopic (exact) mass is 292 g/mol. The van der Waals surface area contributed by atoms with Crippen molar-refractivity contribution in [3.05, 3.63) is 34.0 Å². The van der Waals surface area contributed by atoms with Gasteiger partial charge < -0.3 is 10.6 Å². The van der Waals surface area contributed by atoms with Crippen LogP contribution < -0.4 is 10.6 Å². The molecule has 0 fully saturated rings. The Hall–Kier alpha value is -1.66. The van der Waals surface area contributed by atoms with E-state index in [1.807, 2.05) is 33.0 Å². The Morgan fingerprint density at radius 3 is 2.90 bits per heavy atom. The zero-order valence-electron chi connectivity index (χ0n) is 12.0. The number of carbonyl (C=O) groups excluding carboxylic acids is 1. The number of rotatable bonds is 6. The van der Waals surface area contributed by atoms with Gasteiger partial charge in [0.1, 0.15) is 0 Å². The zero-order valence-corrected chi connectivity index (χ0v) is 12.9. The fraction of sp³-hybridized carbons (Fsp3) is 0.429. The molecule has 0 saturated heterocycles. The number of hydrogen-bond acceptors (Lipinski definition) is 4. The highest BCUT2D eigenvalue weighted by Crippen LogP contribution is 2.23. The van der Waals surface area contributed by atoms with Crippen molar-refractivity contribution >= 4 is 22.2 Å². The van der Waals surface area contributed by atoms with Gasteiger partial charge in [0.15, 0.2) is 5.69 Å². The smallest absolute Gasteiger partial charge is 0.277 e. The van der Waals surface area contributed by atoms with Crippen LogP contribution in [-0.2, 0) is 12.8 Å². The van der Waals surface area contributed by atoms with Crippen LogP contribution in [0.5, 0.6) is 0 Å². The lowest BCUT2D eigenvalue weighted by atomic mass is 10.1. The maximum Gasteiger partial charge on any atom is 0.277 e. The summed E-state index contributed by atoms with van der Waals surface area (Å²) >= 11 is 1.60. The summed E-state index contributed by atoms with van der Waals surface area (Å²) in [7, 11) is 1.93. The van der Waals surface area contributed by atoms with E-state index in [-0.39, 0.29) is 5.91 Å². The number of amides is 1. The van der Waals surface area contributed by atoms with Crippen LogP contribution in [0.25, 0.3) is 0 Å². The number of aromatic amines is 1. The van der Waals surface area contributed by atoms with Crippen molar-refractivity contribution in [1.29, 1.82) is 0 Å².